The van der Waals surface area contributed by atoms with E-state index in [1.54, 1.807) is 18.2 Å². The van der Waals surface area contributed by atoms with Crippen molar-refractivity contribution in [3.05, 3.63) is 87.5 Å². The van der Waals surface area contributed by atoms with Gasteiger partial charge in [-0.05, 0) is 54.3 Å². The highest BCUT2D eigenvalue weighted by atomic mass is 16.6. The normalized spacial score (nSPS) is 11.9. The molecule has 0 aromatic heterocycles. The topological polar surface area (TPSA) is 240 Å². The molecule has 0 fully saturated rings. The molecule has 0 unspecified atom stereocenters. The molecule has 202 valence electrons. The van der Waals surface area contributed by atoms with Crippen LogP contribution in [0.15, 0.2) is 60.7 Å². The fraction of sp³-hybridized carbons (Fsp3) is 0.200. The summed E-state index contributed by atoms with van der Waals surface area (Å²) < 4.78 is 5.45. The lowest BCUT2D eigenvalue weighted by Crippen LogP contribution is -2.32. The van der Waals surface area contributed by atoms with E-state index < -0.39 is 28.9 Å². The third kappa shape index (κ3) is 8.65. The number of aromatic hydroxyl groups is 3. The lowest BCUT2D eigenvalue weighted by Gasteiger charge is -2.11. The summed E-state index contributed by atoms with van der Waals surface area (Å²) in [5.74, 6) is -2.80. The molecule has 0 saturated carbocycles. The third-order valence-corrected chi connectivity index (χ3v) is 5.18. The first-order valence-electron chi connectivity index (χ1n) is 11.0. The molecule has 13 heteroatoms. The van der Waals surface area contributed by atoms with E-state index in [2.05, 4.69) is 0 Å². The molecule has 0 spiro atoms. The lowest BCUT2D eigenvalue weighted by atomic mass is 10.1. The van der Waals surface area contributed by atoms with Gasteiger partial charge in [-0.15, -0.1) is 0 Å². The number of nitrogens with zero attached hydrogens (tertiary/aromatic N) is 1. The van der Waals surface area contributed by atoms with Crippen molar-refractivity contribution in [3.8, 4) is 23.0 Å². The van der Waals surface area contributed by atoms with Gasteiger partial charge >= 0.3 is 11.9 Å². The molecule has 0 bridgehead atoms. The van der Waals surface area contributed by atoms with Crippen LogP contribution in [0.5, 0.6) is 23.0 Å². The van der Waals surface area contributed by atoms with Gasteiger partial charge in [-0.25, -0.2) is 0 Å². The maximum atomic E-state index is 11.0. The van der Waals surface area contributed by atoms with Crippen molar-refractivity contribution in [2.75, 3.05) is 0 Å². The molecular formula is C25H27N3O10. The molecule has 0 aliphatic heterocycles. The number of para-hydroxylation sites is 1. The van der Waals surface area contributed by atoms with Crippen LogP contribution in [0.4, 0.5) is 5.69 Å². The molecule has 3 aromatic rings. The number of aliphatic carboxylic acids is 2. The van der Waals surface area contributed by atoms with Crippen LogP contribution in [0.25, 0.3) is 0 Å². The minimum Gasteiger partial charge on any atom is -0.504 e. The highest BCUT2D eigenvalue weighted by molar-refractivity contribution is 5.74. The van der Waals surface area contributed by atoms with Crippen molar-refractivity contribution >= 4 is 17.6 Å². The Morgan fingerprint density at radius 3 is 1.87 bits per heavy atom. The molecule has 3 rings (SSSR count). The van der Waals surface area contributed by atoms with Gasteiger partial charge in [0.1, 0.15) is 18.7 Å². The zero-order valence-electron chi connectivity index (χ0n) is 19.9. The molecule has 38 heavy (non-hydrogen) atoms. The molecule has 3 aromatic carbocycles. The van der Waals surface area contributed by atoms with E-state index >= 15 is 0 Å². The van der Waals surface area contributed by atoms with Gasteiger partial charge in [0.05, 0.1) is 10.5 Å². The Labute approximate surface area is 216 Å². The fourth-order valence-electron chi connectivity index (χ4n) is 3.15. The van der Waals surface area contributed by atoms with Crippen LogP contribution in [0.3, 0.4) is 0 Å². The maximum Gasteiger partial charge on any atom is 0.320 e. The highest BCUT2D eigenvalue weighted by Crippen LogP contribution is 2.29. The Morgan fingerprint density at radius 2 is 1.34 bits per heavy atom. The standard InChI is InChI=1S/C16H16N2O6.C9H11NO4/c17-12(16(20)21)7-10-5-6-14(19)15(8-10)24-9-11-3-1-2-4-13(11)18(22)23;10-6(9(13)14)3-5-1-2-7(11)8(12)4-5/h1-6,8,12,19H,7,9,17H2,(H,20,21);1-2,4,6,11-12H,3,10H2,(H,13,14)/t12-;6-/m00/s1. The van der Waals surface area contributed by atoms with Gasteiger partial charge in [0.2, 0.25) is 0 Å². The quantitative estimate of drug-likeness (QED) is 0.113. The molecule has 9 N–H and O–H groups in total. The number of phenolic OH excluding ortho intramolecular Hbond substituents is 3. The Bertz CT molecular complexity index is 1300. The first kappa shape index (κ1) is 29.4. The monoisotopic (exact) mass is 529 g/mol. The second kappa shape index (κ2) is 13.4. The lowest BCUT2D eigenvalue weighted by molar-refractivity contribution is -0.385. The summed E-state index contributed by atoms with van der Waals surface area (Å²) in [5, 5.41) is 56.3. The smallest absolute Gasteiger partial charge is 0.320 e. The molecule has 13 nitrogen and oxygen atoms in total. The van der Waals surface area contributed by atoms with Crippen LogP contribution >= 0.6 is 0 Å². The largest absolute Gasteiger partial charge is 0.504 e. The van der Waals surface area contributed by atoms with E-state index in [-0.39, 0.29) is 48.1 Å². The Kier molecular flexibility index (Phi) is 10.4. The van der Waals surface area contributed by atoms with Crippen molar-refractivity contribution < 1.29 is 44.8 Å². The minimum atomic E-state index is -1.13. The SMILES string of the molecule is N[C@@H](Cc1ccc(O)c(O)c1)C(=O)O.N[C@@H](Cc1ccc(O)c(OCc2ccccc2[N+](=O)[O-])c1)C(=O)O. The van der Waals surface area contributed by atoms with Gasteiger partial charge < -0.3 is 41.7 Å². The zero-order valence-corrected chi connectivity index (χ0v) is 19.9. The minimum absolute atomic E-state index is 0.0669. The summed E-state index contributed by atoms with van der Waals surface area (Å²) >= 11 is 0. The zero-order chi connectivity index (χ0) is 28.4. The second-order valence-corrected chi connectivity index (χ2v) is 8.10. The number of phenols is 3. The number of carboxylic acid groups (broad SMARTS) is 2. The summed E-state index contributed by atoms with van der Waals surface area (Å²) in [6, 6.07) is 12.5. The van der Waals surface area contributed by atoms with Crippen molar-refractivity contribution in [3.63, 3.8) is 0 Å². The molecule has 0 amide bonds. The first-order chi connectivity index (χ1) is 17.9. The summed E-state index contributed by atoms with van der Waals surface area (Å²) in [4.78, 5) is 31.7. The van der Waals surface area contributed by atoms with Gasteiger partial charge in [-0.2, -0.15) is 0 Å². The summed E-state index contributed by atoms with van der Waals surface area (Å²) in [5.41, 5.74) is 12.2. The van der Waals surface area contributed by atoms with Crippen molar-refractivity contribution in [2.45, 2.75) is 31.5 Å². The molecule has 0 heterocycles. The molecule has 2 atom stereocenters. The predicted molar refractivity (Wildman–Crippen MR) is 134 cm³/mol. The van der Waals surface area contributed by atoms with Crippen LogP contribution < -0.4 is 16.2 Å². The highest BCUT2D eigenvalue weighted by Gasteiger charge is 2.16. The number of hydrogen-bond donors (Lipinski definition) is 7. The third-order valence-electron chi connectivity index (χ3n) is 5.18. The van der Waals surface area contributed by atoms with Gasteiger partial charge in [0.15, 0.2) is 23.0 Å². The number of nitro groups is 1. The second-order valence-electron chi connectivity index (χ2n) is 8.10. The van der Waals surface area contributed by atoms with Crippen molar-refractivity contribution in [1.29, 1.82) is 0 Å². The van der Waals surface area contributed by atoms with E-state index in [0.29, 0.717) is 16.7 Å². The summed E-state index contributed by atoms with van der Waals surface area (Å²) in [7, 11) is 0. The molecule has 0 aliphatic carbocycles. The number of rotatable bonds is 10. The van der Waals surface area contributed by atoms with E-state index in [0.717, 1.165) is 0 Å². The average molecular weight is 530 g/mol. The van der Waals surface area contributed by atoms with E-state index in [9.17, 15) is 24.8 Å². The van der Waals surface area contributed by atoms with Crippen molar-refractivity contribution in [2.24, 2.45) is 11.5 Å². The first-order valence-corrected chi connectivity index (χ1v) is 11.0. The Balaban J connectivity index is 0.000000308. The van der Waals surface area contributed by atoms with E-state index in [1.165, 1.54) is 42.5 Å². The number of hydrogen-bond acceptors (Lipinski definition) is 10. The Hall–Kier alpha value is -4.88. The van der Waals surface area contributed by atoms with Crippen molar-refractivity contribution in [1.82, 2.24) is 0 Å². The molecule has 0 saturated heterocycles. The van der Waals surface area contributed by atoms with E-state index in [4.69, 9.17) is 36.6 Å². The van der Waals surface area contributed by atoms with Gasteiger partial charge in [0, 0.05) is 6.07 Å². The van der Waals surface area contributed by atoms with Crippen LogP contribution in [0, 0.1) is 10.1 Å². The van der Waals surface area contributed by atoms with Gasteiger partial charge in [0.25, 0.3) is 5.69 Å². The maximum absolute atomic E-state index is 11.0. The predicted octanol–water partition coefficient (Wildman–Crippen LogP) is 1.89. The number of carboxylic acids is 2. The number of nitro benzene ring substituents is 1. The van der Waals surface area contributed by atoms with Crippen LogP contribution in [-0.4, -0.2) is 54.5 Å². The Morgan fingerprint density at radius 1 is 0.816 bits per heavy atom. The average Bonchev–Trinajstić information content (AvgIpc) is 2.86. The summed E-state index contributed by atoms with van der Waals surface area (Å²) in [6.45, 7) is -0.112. The molecular weight excluding hydrogens is 502 g/mol. The van der Waals surface area contributed by atoms with Crippen LogP contribution in [-0.2, 0) is 29.0 Å². The van der Waals surface area contributed by atoms with Gasteiger partial charge in [-0.3, -0.25) is 19.7 Å². The van der Waals surface area contributed by atoms with Crippen LogP contribution in [0.2, 0.25) is 0 Å². The number of carbonyl (C=O) groups is 2. The number of benzene rings is 3. The fourth-order valence-corrected chi connectivity index (χ4v) is 3.15. The number of ether oxygens (including phenoxy) is 1. The molecule has 0 aliphatic rings. The van der Waals surface area contributed by atoms with Crippen LogP contribution in [0.1, 0.15) is 16.7 Å². The molecule has 0 radical (unpaired) electrons. The van der Waals surface area contributed by atoms with E-state index in [1.807, 2.05) is 0 Å². The summed E-state index contributed by atoms with van der Waals surface area (Å²) in [6.07, 6.45) is 0.181. The van der Waals surface area contributed by atoms with Gasteiger partial charge in [-0.1, -0.05) is 24.3 Å². The number of nitrogens with two attached hydrogens (primary N) is 2.